The Morgan fingerprint density at radius 2 is 2.11 bits per heavy atom. The maximum Gasteiger partial charge on any atom is 0.437 e. The zero-order valence-corrected chi connectivity index (χ0v) is 11.0. The van der Waals surface area contributed by atoms with Crippen LogP contribution in [0, 0.1) is 0 Å². The highest BCUT2D eigenvalue weighted by molar-refractivity contribution is 9.10. The summed E-state index contributed by atoms with van der Waals surface area (Å²) in [5.41, 5.74) is 0.781. The van der Waals surface area contributed by atoms with Crippen LogP contribution >= 0.6 is 15.9 Å². The van der Waals surface area contributed by atoms with Crippen molar-refractivity contribution < 1.29 is 9.53 Å². The highest BCUT2D eigenvalue weighted by Gasteiger charge is 2.10. The first kappa shape index (κ1) is 12.5. The quantitative estimate of drug-likeness (QED) is 0.811. The first-order valence-corrected chi connectivity index (χ1v) is 5.86. The molecule has 1 heterocycles. The largest absolute Gasteiger partial charge is 0.451 e. The molecule has 0 aliphatic carbocycles. The molecule has 0 radical (unpaired) electrons. The minimum absolute atomic E-state index is 0.515. The molecule has 18 heavy (non-hydrogen) atoms. The van der Waals surface area contributed by atoms with Gasteiger partial charge in [0.25, 0.3) is 5.56 Å². The number of rotatable bonds is 1. The third-order valence-electron chi connectivity index (χ3n) is 2.27. The van der Waals surface area contributed by atoms with Gasteiger partial charge in [-0.1, -0.05) is 28.1 Å². The Bertz CT molecular complexity index is 652. The second-order valence-electron chi connectivity index (χ2n) is 3.45. The smallest absolute Gasteiger partial charge is 0.437 e. The molecule has 0 aliphatic heterocycles. The van der Waals surface area contributed by atoms with Crippen LogP contribution in [0.2, 0.25) is 0 Å². The minimum Gasteiger partial charge on any atom is -0.451 e. The number of carbonyl (C=O) groups excluding carboxylic acids is 1. The van der Waals surface area contributed by atoms with Gasteiger partial charge in [0, 0.05) is 16.1 Å². The number of nitrogens with zero attached hydrogens (tertiary/aromatic N) is 2. The number of aromatic nitrogens is 2. The number of carbonyl (C=O) groups is 1. The van der Waals surface area contributed by atoms with E-state index < -0.39 is 11.7 Å². The molecule has 0 bridgehead atoms. The molecule has 92 valence electrons. The minimum atomic E-state index is -0.808. The fraction of sp³-hybridized carbons (Fsp3) is 0.0833. The topological polar surface area (TPSA) is 61.2 Å². The third kappa shape index (κ3) is 2.48. The lowest BCUT2D eigenvalue weighted by molar-refractivity contribution is 0.167. The summed E-state index contributed by atoms with van der Waals surface area (Å²) >= 11 is 3.35. The highest BCUT2D eigenvalue weighted by Crippen LogP contribution is 2.20. The first-order chi connectivity index (χ1) is 8.61. The van der Waals surface area contributed by atoms with E-state index in [1.807, 2.05) is 24.3 Å². The summed E-state index contributed by atoms with van der Waals surface area (Å²) in [5.74, 6) is 0. The maximum absolute atomic E-state index is 11.5. The zero-order valence-electron chi connectivity index (χ0n) is 9.46. The van der Waals surface area contributed by atoms with Crippen molar-refractivity contribution in [2.45, 2.75) is 0 Å². The van der Waals surface area contributed by atoms with E-state index in [0.29, 0.717) is 10.4 Å². The lowest BCUT2D eigenvalue weighted by Gasteiger charge is -2.05. The van der Waals surface area contributed by atoms with Crippen molar-refractivity contribution in [2.75, 3.05) is 7.11 Å². The molecule has 0 atom stereocenters. The molecule has 1 aromatic carbocycles. The van der Waals surface area contributed by atoms with Crippen LogP contribution in [0.3, 0.4) is 0 Å². The normalized spacial score (nSPS) is 10.1. The fourth-order valence-corrected chi connectivity index (χ4v) is 1.83. The zero-order chi connectivity index (χ0) is 13.1. The molecule has 0 amide bonds. The monoisotopic (exact) mass is 308 g/mol. The molecule has 2 aromatic rings. The number of hydrogen-bond donors (Lipinski definition) is 0. The molecule has 0 saturated heterocycles. The summed E-state index contributed by atoms with van der Waals surface area (Å²) in [6, 6.07) is 10.2. The van der Waals surface area contributed by atoms with Crippen LogP contribution in [0.25, 0.3) is 11.3 Å². The third-order valence-corrected chi connectivity index (χ3v) is 2.76. The Labute approximate surface area is 111 Å². The Balaban J connectivity index is 2.54. The van der Waals surface area contributed by atoms with E-state index in [2.05, 4.69) is 25.8 Å². The van der Waals surface area contributed by atoms with E-state index >= 15 is 0 Å². The van der Waals surface area contributed by atoms with Crippen LogP contribution in [0.4, 0.5) is 4.79 Å². The molecule has 0 saturated carbocycles. The van der Waals surface area contributed by atoms with Gasteiger partial charge in [0.15, 0.2) is 0 Å². The molecule has 0 unspecified atom stereocenters. The molecule has 2 rings (SSSR count). The van der Waals surface area contributed by atoms with Gasteiger partial charge in [0.1, 0.15) is 0 Å². The van der Waals surface area contributed by atoms with E-state index in [-0.39, 0.29) is 0 Å². The van der Waals surface area contributed by atoms with Gasteiger partial charge in [-0.15, -0.1) is 4.68 Å². The summed E-state index contributed by atoms with van der Waals surface area (Å²) in [7, 11) is 1.20. The van der Waals surface area contributed by atoms with Crippen molar-refractivity contribution in [1.29, 1.82) is 0 Å². The van der Waals surface area contributed by atoms with E-state index in [1.54, 1.807) is 6.07 Å². The number of ether oxygens (including phenoxy) is 1. The predicted octanol–water partition coefficient (Wildman–Crippen LogP) is 2.29. The Kier molecular flexibility index (Phi) is 3.57. The van der Waals surface area contributed by atoms with Crippen LogP contribution < -0.4 is 5.56 Å². The van der Waals surface area contributed by atoms with Gasteiger partial charge in [-0.25, -0.2) is 4.79 Å². The molecule has 1 aromatic heterocycles. The molecular weight excluding hydrogens is 300 g/mol. The SMILES string of the molecule is COC(=O)n1nc(-c2cccc(Br)c2)ccc1=O. The molecule has 5 nitrogen and oxygen atoms in total. The summed E-state index contributed by atoms with van der Waals surface area (Å²) in [6.07, 6.45) is -0.808. The van der Waals surface area contributed by atoms with E-state index in [9.17, 15) is 9.59 Å². The molecule has 0 spiro atoms. The number of halogens is 1. The summed E-state index contributed by atoms with van der Waals surface area (Å²) in [6.45, 7) is 0. The van der Waals surface area contributed by atoms with Gasteiger partial charge in [0.05, 0.1) is 12.8 Å². The average Bonchev–Trinajstić information content (AvgIpc) is 2.38. The van der Waals surface area contributed by atoms with E-state index in [1.165, 1.54) is 13.2 Å². The number of methoxy groups -OCH3 is 1. The van der Waals surface area contributed by atoms with Crippen molar-refractivity contribution in [1.82, 2.24) is 9.78 Å². The summed E-state index contributed by atoms with van der Waals surface area (Å²) in [5, 5.41) is 3.96. The number of benzene rings is 1. The van der Waals surface area contributed by atoms with Crippen molar-refractivity contribution in [3.05, 3.63) is 51.2 Å². The van der Waals surface area contributed by atoms with Crippen LogP contribution in [0.1, 0.15) is 0 Å². The van der Waals surface area contributed by atoms with Crippen LogP contribution in [-0.4, -0.2) is 23.0 Å². The van der Waals surface area contributed by atoms with E-state index in [4.69, 9.17) is 0 Å². The second-order valence-corrected chi connectivity index (χ2v) is 4.36. The second kappa shape index (κ2) is 5.14. The summed E-state index contributed by atoms with van der Waals surface area (Å²) in [4.78, 5) is 22.8. The first-order valence-electron chi connectivity index (χ1n) is 5.06. The predicted molar refractivity (Wildman–Crippen MR) is 69.4 cm³/mol. The van der Waals surface area contributed by atoms with Crippen LogP contribution in [-0.2, 0) is 4.74 Å². The van der Waals surface area contributed by atoms with Crippen molar-refractivity contribution >= 4 is 22.0 Å². The fourth-order valence-electron chi connectivity index (χ4n) is 1.43. The molecule has 0 aliphatic rings. The van der Waals surface area contributed by atoms with Gasteiger partial charge in [-0.05, 0) is 18.2 Å². The van der Waals surface area contributed by atoms with Gasteiger partial charge in [-0.2, -0.15) is 5.10 Å². The average molecular weight is 309 g/mol. The standard InChI is InChI=1S/C12H9BrN2O3/c1-18-12(17)15-11(16)6-5-10(14-15)8-3-2-4-9(13)7-8/h2-7H,1H3. The van der Waals surface area contributed by atoms with Gasteiger partial charge < -0.3 is 4.74 Å². The highest BCUT2D eigenvalue weighted by atomic mass is 79.9. The Morgan fingerprint density at radius 3 is 2.78 bits per heavy atom. The van der Waals surface area contributed by atoms with Crippen molar-refractivity contribution in [2.24, 2.45) is 0 Å². The number of hydrogen-bond acceptors (Lipinski definition) is 4. The van der Waals surface area contributed by atoms with E-state index in [0.717, 1.165) is 10.0 Å². The van der Waals surface area contributed by atoms with Crippen molar-refractivity contribution in [3.63, 3.8) is 0 Å². The van der Waals surface area contributed by atoms with Gasteiger partial charge in [-0.3, -0.25) is 4.79 Å². The Hall–Kier alpha value is -1.95. The van der Waals surface area contributed by atoms with Gasteiger partial charge in [0.2, 0.25) is 0 Å². The van der Waals surface area contributed by atoms with Crippen LogP contribution in [0.5, 0.6) is 0 Å². The summed E-state index contributed by atoms with van der Waals surface area (Å²) < 4.78 is 6.06. The Morgan fingerprint density at radius 1 is 1.33 bits per heavy atom. The van der Waals surface area contributed by atoms with Gasteiger partial charge >= 0.3 is 6.09 Å². The maximum atomic E-state index is 11.5. The molecule has 0 fully saturated rings. The lowest BCUT2D eigenvalue weighted by atomic mass is 10.1. The van der Waals surface area contributed by atoms with Crippen LogP contribution in [0.15, 0.2) is 45.7 Å². The van der Waals surface area contributed by atoms with Crippen molar-refractivity contribution in [3.8, 4) is 11.3 Å². The molecule has 6 heteroatoms. The molecule has 0 N–H and O–H groups in total. The molecular formula is C12H9BrN2O3. The lowest BCUT2D eigenvalue weighted by Crippen LogP contribution is -2.29.